The molecule has 2 heterocycles. The number of ether oxygens (including phenoxy) is 1. The second kappa shape index (κ2) is 14.4. The molecule has 1 saturated carbocycles. The first-order valence-corrected chi connectivity index (χ1v) is 14.5. The van der Waals surface area contributed by atoms with Crippen molar-refractivity contribution in [3.05, 3.63) is 102 Å². The summed E-state index contributed by atoms with van der Waals surface area (Å²) < 4.78 is 5.86. The van der Waals surface area contributed by atoms with Crippen molar-refractivity contribution >= 4 is 28.7 Å². The second-order valence-corrected chi connectivity index (χ2v) is 10.9. The molecule has 1 saturated heterocycles. The Morgan fingerprint density at radius 1 is 1.18 bits per heavy atom. The van der Waals surface area contributed by atoms with Crippen LogP contribution in [-0.4, -0.2) is 48.7 Å². The highest BCUT2D eigenvalue weighted by Gasteiger charge is 2.30. The van der Waals surface area contributed by atoms with Crippen LogP contribution < -0.4 is 37.9 Å². The van der Waals surface area contributed by atoms with E-state index in [2.05, 4.69) is 39.0 Å². The van der Waals surface area contributed by atoms with E-state index in [0.717, 1.165) is 55.0 Å². The third-order valence-electron chi connectivity index (χ3n) is 7.62. The predicted molar refractivity (Wildman–Crippen MR) is 178 cm³/mol. The number of nitrogens with zero attached hydrogens (tertiary/aromatic N) is 3. The molecule has 1 aliphatic heterocycles. The Morgan fingerprint density at radius 3 is 2.55 bits per heavy atom. The van der Waals surface area contributed by atoms with E-state index in [1.54, 1.807) is 32.4 Å². The Morgan fingerprint density at radius 2 is 1.91 bits per heavy atom. The SMILES string of the molecule is C=C/C(=C\N=C(C)C1CN(Cc2cccc(N)n2)C1)c1cccc(NC(/C=C(\N)NC(=O)C2CC2)=C(/N)C(=C)NC)c1OC. The van der Waals surface area contributed by atoms with E-state index in [1.165, 1.54) is 0 Å². The number of hydrogen-bond donors (Lipinski definition) is 6. The molecule has 9 N–H and O–H groups in total. The van der Waals surface area contributed by atoms with Gasteiger partial charge in [0.05, 0.1) is 35.6 Å². The number of methoxy groups -OCH3 is 1. The van der Waals surface area contributed by atoms with Gasteiger partial charge in [-0.25, -0.2) is 4.98 Å². The van der Waals surface area contributed by atoms with Gasteiger partial charge in [-0.1, -0.05) is 37.4 Å². The molecule has 1 amide bonds. The number of carbonyl (C=O) groups is 1. The summed E-state index contributed by atoms with van der Waals surface area (Å²) in [6, 6.07) is 11.4. The summed E-state index contributed by atoms with van der Waals surface area (Å²) in [5, 5.41) is 9.01. The number of likely N-dealkylation sites (N-methyl/N-ethyl adjacent to an activating group) is 1. The van der Waals surface area contributed by atoms with Crippen molar-refractivity contribution in [1.82, 2.24) is 20.5 Å². The Kier molecular flexibility index (Phi) is 10.5. The van der Waals surface area contributed by atoms with Gasteiger partial charge in [-0.2, -0.15) is 0 Å². The highest BCUT2D eigenvalue weighted by molar-refractivity contribution is 5.88. The van der Waals surface area contributed by atoms with Gasteiger partial charge in [-0.15, -0.1) is 0 Å². The van der Waals surface area contributed by atoms with Gasteiger partial charge in [-0.3, -0.25) is 14.7 Å². The van der Waals surface area contributed by atoms with Crippen molar-refractivity contribution in [2.45, 2.75) is 26.3 Å². The molecule has 1 aromatic heterocycles. The first-order chi connectivity index (χ1) is 21.1. The number of anilines is 2. The number of amides is 1. The third kappa shape index (κ3) is 8.07. The van der Waals surface area contributed by atoms with E-state index < -0.39 is 0 Å². The summed E-state index contributed by atoms with van der Waals surface area (Å²) in [5.41, 5.74) is 23.9. The molecule has 0 unspecified atom stereocenters. The van der Waals surface area contributed by atoms with Gasteiger partial charge < -0.3 is 37.9 Å². The van der Waals surface area contributed by atoms with Crippen LogP contribution in [0.3, 0.4) is 0 Å². The van der Waals surface area contributed by atoms with E-state index in [9.17, 15) is 4.79 Å². The Labute approximate surface area is 259 Å². The lowest BCUT2D eigenvalue weighted by molar-refractivity contribution is -0.121. The average Bonchev–Trinajstić information content (AvgIpc) is 3.84. The van der Waals surface area contributed by atoms with Crippen molar-refractivity contribution < 1.29 is 9.53 Å². The summed E-state index contributed by atoms with van der Waals surface area (Å²) in [6.45, 7) is 12.6. The lowest BCUT2D eigenvalue weighted by Gasteiger charge is -2.39. The standard InChI is InChI=1S/C33H43N9O2/c1-6-22(16-38-20(2)24-17-42(18-24)19-25-9-7-12-29(34)39-25)26-10-8-11-27(32(26)44-5)40-28(31(36)21(3)37-4)15-30(35)41-33(43)23-13-14-23/h6-12,15-16,23-24,37,40H,1,3,13-14,17-19,35-36H2,2,4-5H3,(H2,34,39)(H,41,43)/b22-16+,30-15+,31-28+,38-20?. The number of pyridine rings is 1. The maximum absolute atomic E-state index is 12.3. The van der Waals surface area contributed by atoms with Crippen LogP contribution in [0, 0.1) is 11.8 Å². The topological polar surface area (TPSA) is 169 Å². The summed E-state index contributed by atoms with van der Waals surface area (Å²) in [5.74, 6) is 1.52. The fourth-order valence-electron chi connectivity index (χ4n) is 4.78. The summed E-state index contributed by atoms with van der Waals surface area (Å²) in [7, 11) is 3.31. The molecule has 1 aliphatic carbocycles. The fraction of sp³-hybridized carbons (Fsp3) is 0.303. The van der Waals surface area contributed by atoms with Gasteiger partial charge in [0, 0.05) is 67.6 Å². The van der Waals surface area contributed by atoms with Crippen molar-refractivity contribution in [3.8, 4) is 5.75 Å². The van der Waals surface area contributed by atoms with Gasteiger partial charge in [-0.05, 0) is 38.0 Å². The van der Waals surface area contributed by atoms with Crippen molar-refractivity contribution in [2.24, 2.45) is 28.3 Å². The molecule has 2 aliphatic rings. The summed E-state index contributed by atoms with van der Waals surface area (Å²) in [6.07, 6.45) is 6.87. The Balaban J connectivity index is 1.53. The molecule has 44 heavy (non-hydrogen) atoms. The quantitative estimate of drug-likeness (QED) is 0.141. The fourth-order valence-corrected chi connectivity index (χ4v) is 4.78. The van der Waals surface area contributed by atoms with Crippen LogP contribution in [0.15, 0.2) is 95.8 Å². The molecule has 2 fully saturated rings. The molecule has 232 valence electrons. The Bertz CT molecular complexity index is 1530. The minimum atomic E-state index is -0.103. The van der Waals surface area contributed by atoms with Gasteiger partial charge in [0.2, 0.25) is 5.91 Å². The minimum Gasteiger partial charge on any atom is -0.494 e. The van der Waals surface area contributed by atoms with Crippen LogP contribution >= 0.6 is 0 Å². The maximum atomic E-state index is 12.3. The highest BCUT2D eigenvalue weighted by atomic mass is 16.5. The first kappa shape index (κ1) is 31.9. The van der Waals surface area contributed by atoms with Crippen LogP contribution in [-0.2, 0) is 11.3 Å². The van der Waals surface area contributed by atoms with Crippen molar-refractivity contribution in [1.29, 1.82) is 0 Å². The van der Waals surface area contributed by atoms with E-state index in [0.29, 0.717) is 40.3 Å². The van der Waals surface area contributed by atoms with Crippen molar-refractivity contribution in [2.75, 3.05) is 38.3 Å². The maximum Gasteiger partial charge on any atom is 0.228 e. The number of hydrogen-bond acceptors (Lipinski definition) is 10. The monoisotopic (exact) mass is 597 g/mol. The molecule has 0 spiro atoms. The molecule has 11 heteroatoms. The summed E-state index contributed by atoms with van der Waals surface area (Å²) in [4.78, 5) is 23.8. The number of likely N-dealkylation sites (tertiary alicyclic amines) is 1. The number of para-hydroxylation sites is 1. The molecule has 0 bridgehead atoms. The van der Waals surface area contributed by atoms with Crippen molar-refractivity contribution in [3.63, 3.8) is 0 Å². The highest BCUT2D eigenvalue weighted by Crippen LogP contribution is 2.35. The number of rotatable bonds is 14. The normalized spacial score (nSPS) is 16.8. The number of nitrogens with one attached hydrogen (secondary N) is 3. The van der Waals surface area contributed by atoms with E-state index in [4.69, 9.17) is 26.9 Å². The number of nitrogen functional groups attached to an aromatic ring is 1. The number of carbonyl (C=O) groups excluding carboxylic acids is 1. The molecule has 0 atom stereocenters. The summed E-state index contributed by atoms with van der Waals surface area (Å²) >= 11 is 0. The van der Waals surface area contributed by atoms with Gasteiger partial charge in [0.15, 0.2) is 0 Å². The number of allylic oxidation sites excluding steroid dienone is 3. The lowest BCUT2D eigenvalue weighted by Crippen LogP contribution is -2.49. The molecule has 1 aromatic carbocycles. The van der Waals surface area contributed by atoms with E-state index >= 15 is 0 Å². The Hall–Kier alpha value is -5.03. The first-order valence-electron chi connectivity index (χ1n) is 14.5. The molecule has 2 aromatic rings. The number of aromatic nitrogens is 1. The zero-order valence-corrected chi connectivity index (χ0v) is 25.7. The molecular weight excluding hydrogens is 554 g/mol. The van der Waals surface area contributed by atoms with Crippen LogP contribution in [0.1, 0.15) is 31.0 Å². The largest absolute Gasteiger partial charge is 0.494 e. The molecule has 4 rings (SSSR count). The zero-order chi connectivity index (χ0) is 31.8. The van der Waals surface area contributed by atoms with Gasteiger partial charge >= 0.3 is 0 Å². The second-order valence-electron chi connectivity index (χ2n) is 10.9. The van der Waals surface area contributed by atoms with Crippen LogP contribution in [0.2, 0.25) is 0 Å². The lowest BCUT2D eigenvalue weighted by atomic mass is 9.95. The molecular formula is C33H43N9O2. The zero-order valence-electron chi connectivity index (χ0n) is 25.7. The van der Waals surface area contributed by atoms with E-state index in [1.807, 2.05) is 43.5 Å². The number of aliphatic imine (C=N–C) groups is 1. The van der Waals surface area contributed by atoms with Crippen LogP contribution in [0.4, 0.5) is 11.5 Å². The smallest absolute Gasteiger partial charge is 0.228 e. The number of nitrogens with two attached hydrogens (primary N) is 3. The van der Waals surface area contributed by atoms with Crippen LogP contribution in [0.5, 0.6) is 5.75 Å². The minimum absolute atomic E-state index is 0.00817. The number of benzene rings is 1. The third-order valence-corrected chi connectivity index (χ3v) is 7.62. The van der Waals surface area contributed by atoms with Crippen LogP contribution in [0.25, 0.3) is 5.57 Å². The predicted octanol–water partition coefficient (Wildman–Crippen LogP) is 3.43. The van der Waals surface area contributed by atoms with E-state index in [-0.39, 0.29) is 17.6 Å². The van der Waals surface area contributed by atoms with Gasteiger partial charge in [0.1, 0.15) is 17.4 Å². The average molecular weight is 598 g/mol. The molecule has 11 nitrogen and oxygen atoms in total. The van der Waals surface area contributed by atoms with Gasteiger partial charge in [0.25, 0.3) is 0 Å². The molecule has 0 radical (unpaired) electrons.